The van der Waals surface area contributed by atoms with Crippen LogP contribution < -0.4 is 5.73 Å². The number of halogens is 1. The molecular formula is C16H14ClN3O. The number of aromatic nitrogens is 2. The Kier molecular flexibility index (Phi) is 3.99. The van der Waals surface area contributed by atoms with Crippen molar-refractivity contribution in [2.75, 3.05) is 6.54 Å². The Morgan fingerprint density at radius 3 is 2.76 bits per heavy atom. The van der Waals surface area contributed by atoms with E-state index >= 15 is 0 Å². The standard InChI is InChI=1S/C16H14ClN3O/c17-13-6-3-5-12(10-13)15-19-16(21-20-15)14-7-2-1-4-11(14)8-9-18/h1-7,10H,8-9,18H2. The smallest absolute Gasteiger partial charge is 0.258 e. The van der Waals surface area contributed by atoms with E-state index in [0.717, 1.165) is 23.1 Å². The number of benzene rings is 2. The summed E-state index contributed by atoms with van der Waals surface area (Å²) in [6.45, 7) is 0.576. The van der Waals surface area contributed by atoms with Crippen molar-refractivity contribution in [2.45, 2.75) is 6.42 Å². The Morgan fingerprint density at radius 1 is 1.10 bits per heavy atom. The quantitative estimate of drug-likeness (QED) is 0.800. The lowest BCUT2D eigenvalue weighted by Crippen LogP contribution is -2.03. The van der Waals surface area contributed by atoms with E-state index in [2.05, 4.69) is 10.1 Å². The van der Waals surface area contributed by atoms with E-state index in [1.807, 2.05) is 48.5 Å². The first-order valence-corrected chi connectivity index (χ1v) is 7.03. The summed E-state index contributed by atoms with van der Waals surface area (Å²) in [5.41, 5.74) is 8.49. The van der Waals surface area contributed by atoms with Gasteiger partial charge in [0.1, 0.15) is 0 Å². The summed E-state index contributed by atoms with van der Waals surface area (Å²) in [5.74, 6) is 1.02. The van der Waals surface area contributed by atoms with Gasteiger partial charge < -0.3 is 10.3 Å². The van der Waals surface area contributed by atoms with Crippen LogP contribution in [0.25, 0.3) is 22.8 Å². The molecule has 3 rings (SSSR count). The van der Waals surface area contributed by atoms with Crippen LogP contribution in [0.5, 0.6) is 0 Å². The van der Waals surface area contributed by atoms with E-state index in [0.29, 0.717) is 23.3 Å². The van der Waals surface area contributed by atoms with Crippen molar-refractivity contribution in [3.8, 4) is 22.8 Å². The van der Waals surface area contributed by atoms with Gasteiger partial charge in [-0.2, -0.15) is 4.98 Å². The first-order chi connectivity index (χ1) is 10.3. The number of hydrogen-bond donors (Lipinski definition) is 1. The van der Waals surface area contributed by atoms with Crippen LogP contribution in [0.1, 0.15) is 5.56 Å². The lowest BCUT2D eigenvalue weighted by molar-refractivity contribution is 0.432. The number of rotatable bonds is 4. The Bertz CT molecular complexity index is 755. The molecule has 106 valence electrons. The minimum Gasteiger partial charge on any atom is -0.334 e. The molecule has 4 nitrogen and oxygen atoms in total. The topological polar surface area (TPSA) is 64.9 Å². The summed E-state index contributed by atoms with van der Waals surface area (Å²) < 4.78 is 5.39. The molecule has 0 spiro atoms. The molecule has 3 aromatic rings. The normalized spacial score (nSPS) is 10.8. The highest BCUT2D eigenvalue weighted by Crippen LogP contribution is 2.26. The van der Waals surface area contributed by atoms with Crippen LogP contribution in [-0.4, -0.2) is 16.7 Å². The maximum Gasteiger partial charge on any atom is 0.258 e. The van der Waals surface area contributed by atoms with Crippen LogP contribution in [0.4, 0.5) is 0 Å². The SMILES string of the molecule is NCCc1ccccc1-c1nc(-c2cccc(Cl)c2)no1. The molecule has 0 bridgehead atoms. The fraction of sp³-hybridized carbons (Fsp3) is 0.125. The number of nitrogens with two attached hydrogens (primary N) is 1. The lowest BCUT2D eigenvalue weighted by Gasteiger charge is -2.03. The molecule has 0 saturated carbocycles. The minimum absolute atomic E-state index is 0.494. The molecule has 1 aromatic heterocycles. The fourth-order valence-corrected chi connectivity index (χ4v) is 2.37. The van der Waals surface area contributed by atoms with Gasteiger partial charge in [0.05, 0.1) is 0 Å². The van der Waals surface area contributed by atoms with Crippen LogP contribution in [-0.2, 0) is 6.42 Å². The molecule has 0 aliphatic rings. The van der Waals surface area contributed by atoms with Crippen molar-refractivity contribution < 1.29 is 4.52 Å². The molecule has 0 amide bonds. The van der Waals surface area contributed by atoms with Gasteiger partial charge >= 0.3 is 0 Å². The maximum absolute atomic E-state index is 5.98. The summed E-state index contributed by atoms with van der Waals surface area (Å²) in [6.07, 6.45) is 0.769. The van der Waals surface area contributed by atoms with E-state index in [4.69, 9.17) is 21.9 Å². The van der Waals surface area contributed by atoms with Gasteiger partial charge in [0.15, 0.2) is 0 Å². The molecule has 0 atom stereocenters. The molecular weight excluding hydrogens is 286 g/mol. The molecule has 5 heteroatoms. The third-order valence-electron chi connectivity index (χ3n) is 3.17. The van der Waals surface area contributed by atoms with Gasteiger partial charge in [0, 0.05) is 16.1 Å². The highest BCUT2D eigenvalue weighted by Gasteiger charge is 2.13. The Labute approximate surface area is 127 Å². The molecule has 0 aliphatic heterocycles. The van der Waals surface area contributed by atoms with Crippen LogP contribution in [0.3, 0.4) is 0 Å². The van der Waals surface area contributed by atoms with Crippen molar-refractivity contribution in [3.05, 3.63) is 59.1 Å². The van der Waals surface area contributed by atoms with Crippen molar-refractivity contribution in [1.29, 1.82) is 0 Å². The van der Waals surface area contributed by atoms with Crippen LogP contribution in [0.2, 0.25) is 5.02 Å². The van der Waals surface area contributed by atoms with E-state index in [1.165, 1.54) is 0 Å². The molecule has 1 heterocycles. The van der Waals surface area contributed by atoms with Gasteiger partial charge in [-0.15, -0.1) is 0 Å². The number of nitrogens with zero attached hydrogens (tertiary/aromatic N) is 2. The van der Waals surface area contributed by atoms with Crippen LogP contribution >= 0.6 is 11.6 Å². The monoisotopic (exact) mass is 299 g/mol. The maximum atomic E-state index is 5.98. The second kappa shape index (κ2) is 6.08. The second-order valence-electron chi connectivity index (χ2n) is 4.63. The molecule has 2 aromatic carbocycles. The fourth-order valence-electron chi connectivity index (χ4n) is 2.18. The van der Waals surface area contributed by atoms with Gasteiger partial charge in [-0.05, 0) is 36.7 Å². The average Bonchev–Trinajstić information content (AvgIpc) is 2.98. The summed E-state index contributed by atoms with van der Waals surface area (Å²) in [5, 5.41) is 4.67. The molecule has 21 heavy (non-hydrogen) atoms. The van der Waals surface area contributed by atoms with Crippen molar-refractivity contribution in [1.82, 2.24) is 10.1 Å². The summed E-state index contributed by atoms with van der Waals surface area (Å²) >= 11 is 5.98. The lowest BCUT2D eigenvalue weighted by atomic mass is 10.0. The molecule has 0 fully saturated rings. The van der Waals surface area contributed by atoms with E-state index in [1.54, 1.807) is 0 Å². The molecule has 0 saturated heterocycles. The van der Waals surface area contributed by atoms with Gasteiger partial charge in [-0.1, -0.05) is 47.1 Å². The molecule has 2 N–H and O–H groups in total. The third-order valence-corrected chi connectivity index (χ3v) is 3.41. The van der Waals surface area contributed by atoms with E-state index < -0.39 is 0 Å². The first-order valence-electron chi connectivity index (χ1n) is 6.66. The van der Waals surface area contributed by atoms with E-state index in [9.17, 15) is 0 Å². The highest BCUT2D eigenvalue weighted by molar-refractivity contribution is 6.30. The Morgan fingerprint density at radius 2 is 1.95 bits per heavy atom. The van der Waals surface area contributed by atoms with Crippen molar-refractivity contribution >= 4 is 11.6 Å². The van der Waals surface area contributed by atoms with Crippen LogP contribution in [0.15, 0.2) is 53.1 Å². The van der Waals surface area contributed by atoms with Crippen molar-refractivity contribution in [3.63, 3.8) is 0 Å². The minimum atomic E-state index is 0.494. The van der Waals surface area contributed by atoms with Gasteiger partial charge in [-0.3, -0.25) is 0 Å². The zero-order valence-corrected chi connectivity index (χ0v) is 12.0. The molecule has 0 unspecified atom stereocenters. The Hall–Kier alpha value is -2.17. The number of hydrogen-bond acceptors (Lipinski definition) is 4. The summed E-state index contributed by atoms with van der Waals surface area (Å²) in [4.78, 5) is 4.46. The van der Waals surface area contributed by atoms with Gasteiger partial charge in [-0.25, -0.2) is 0 Å². The predicted molar refractivity (Wildman–Crippen MR) is 82.9 cm³/mol. The predicted octanol–water partition coefficient (Wildman–Crippen LogP) is 3.56. The highest BCUT2D eigenvalue weighted by atomic mass is 35.5. The zero-order valence-electron chi connectivity index (χ0n) is 11.3. The second-order valence-corrected chi connectivity index (χ2v) is 5.07. The van der Waals surface area contributed by atoms with Crippen LogP contribution in [0, 0.1) is 0 Å². The molecule has 0 radical (unpaired) electrons. The van der Waals surface area contributed by atoms with E-state index in [-0.39, 0.29) is 0 Å². The first kappa shape index (κ1) is 13.8. The third kappa shape index (κ3) is 2.96. The average molecular weight is 300 g/mol. The zero-order chi connectivity index (χ0) is 14.7. The van der Waals surface area contributed by atoms with Gasteiger partial charge in [0.25, 0.3) is 5.89 Å². The summed E-state index contributed by atoms with van der Waals surface area (Å²) in [6, 6.07) is 15.3. The Balaban J connectivity index is 1.99. The molecule has 0 aliphatic carbocycles. The van der Waals surface area contributed by atoms with Gasteiger partial charge in [0.2, 0.25) is 5.82 Å². The largest absolute Gasteiger partial charge is 0.334 e. The summed E-state index contributed by atoms with van der Waals surface area (Å²) in [7, 11) is 0. The van der Waals surface area contributed by atoms with Crippen molar-refractivity contribution in [2.24, 2.45) is 5.73 Å².